The first kappa shape index (κ1) is 17.4. The molecule has 140 valence electrons. The average Bonchev–Trinajstić information content (AvgIpc) is 3.16. The topological polar surface area (TPSA) is 59.1 Å². The molecular weight excluding hydrogens is 344 g/mol. The lowest BCUT2D eigenvalue weighted by molar-refractivity contribution is -0.132. The number of fused-ring (bicyclic) bond motifs is 1. The van der Waals surface area contributed by atoms with Gasteiger partial charge < -0.3 is 19.3 Å². The van der Waals surface area contributed by atoms with Gasteiger partial charge >= 0.3 is 6.09 Å². The average molecular weight is 366 g/mol. The summed E-state index contributed by atoms with van der Waals surface area (Å²) in [5, 5.41) is 0. The number of amides is 2. The van der Waals surface area contributed by atoms with Gasteiger partial charge in [-0.3, -0.25) is 4.79 Å². The molecule has 0 spiro atoms. The van der Waals surface area contributed by atoms with E-state index in [-0.39, 0.29) is 12.0 Å². The minimum Gasteiger partial charge on any atom is -0.493 e. The van der Waals surface area contributed by atoms with E-state index in [1.807, 2.05) is 35.2 Å². The van der Waals surface area contributed by atoms with Crippen LogP contribution in [0.3, 0.4) is 0 Å². The fourth-order valence-electron chi connectivity index (χ4n) is 3.43. The molecule has 0 N–H and O–H groups in total. The third-order valence-electron chi connectivity index (χ3n) is 4.95. The summed E-state index contributed by atoms with van der Waals surface area (Å²) < 4.78 is 10.9. The first-order chi connectivity index (χ1) is 13.2. The molecule has 0 atom stereocenters. The third-order valence-corrected chi connectivity index (χ3v) is 4.95. The lowest BCUT2D eigenvalue weighted by atomic mass is 10.1. The Morgan fingerprint density at radius 2 is 1.70 bits per heavy atom. The summed E-state index contributed by atoms with van der Waals surface area (Å²) in [6, 6.07) is 15.0. The Kier molecular flexibility index (Phi) is 4.96. The van der Waals surface area contributed by atoms with Crippen molar-refractivity contribution in [3.05, 3.63) is 59.7 Å². The van der Waals surface area contributed by atoms with E-state index in [9.17, 15) is 9.59 Å². The summed E-state index contributed by atoms with van der Waals surface area (Å²) >= 11 is 0. The molecule has 2 heterocycles. The summed E-state index contributed by atoms with van der Waals surface area (Å²) in [5.41, 5.74) is 2.18. The van der Waals surface area contributed by atoms with Gasteiger partial charge in [0.2, 0.25) is 5.91 Å². The van der Waals surface area contributed by atoms with E-state index < -0.39 is 0 Å². The molecule has 4 rings (SSSR count). The van der Waals surface area contributed by atoms with Crippen LogP contribution in [0.5, 0.6) is 11.5 Å². The van der Waals surface area contributed by atoms with Crippen LogP contribution < -0.4 is 9.47 Å². The van der Waals surface area contributed by atoms with Gasteiger partial charge in [-0.25, -0.2) is 4.79 Å². The van der Waals surface area contributed by atoms with Gasteiger partial charge in [-0.2, -0.15) is 0 Å². The van der Waals surface area contributed by atoms with Crippen LogP contribution in [0.4, 0.5) is 4.79 Å². The molecule has 0 saturated carbocycles. The molecular formula is C21H22N2O4. The number of rotatable bonds is 3. The number of carbonyl (C=O) groups excluding carboxylic acids is 2. The summed E-state index contributed by atoms with van der Waals surface area (Å²) in [6.07, 6.45) is 0.910. The second-order valence-electron chi connectivity index (χ2n) is 6.77. The highest BCUT2D eigenvalue weighted by Gasteiger charge is 2.25. The Labute approximate surface area is 158 Å². The number of piperazine rings is 1. The zero-order valence-corrected chi connectivity index (χ0v) is 15.1. The molecule has 6 heteroatoms. The number of nitrogens with zero attached hydrogens (tertiary/aromatic N) is 2. The largest absolute Gasteiger partial charge is 0.493 e. The molecule has 1 saturated heterocycles. The molecule has 0 aliphatic carbocycles. The molecule has 0 unspecified atom stereocenters. The van der Waals surface area contributed by atoms with Gasteiger partial charge in [0, 0.05) is 32.6 Å². The van der Waals surface area contributed by atoms with Crippen molar-refractivity contribution in [3.8, 4) is 11.5 Å². The van der Waals surface area contributed by atoms with Crippen LogP contribution in [-0.4, -0.2) is 54.6 Å². The molecule has 1 fully saturated rings. The van der Waals surface area contributed by atoms with Gasteiger partial charge in [-0.1, -0.05) is 30.3 Å². The SMILES string of the molecule is O=C(Cc1ccc2c(c1)CCO2)N1CCN(C(=O)Oc2ccccc2)CC1. The van der Waals surface area contributed by atoms with Crippen molar-refractivity contribution in [2.45, 2.75) is 12.8 Å². The second kappa shape index (κ2) is 7.70. The maximum absolute atomic E-state index is 12.6. The molecule has 2 aliphatic rings. The van der Waals surface area contributed by atoms with E-state index in [1.54, 1.807) is 17.0 Å². The van der Waals surface area contributed by atoms with Crippen molar-refractivity contribution in [1.29, 1.82) is 0 Å². The van der Waals surface area contributed by atoms with Crippen LogP contribution >= 0.6 is 0 Å². The van der Waals surface area contributed by atoms with Crippen molar-refractivity contribution >= 4 is 12.0 Å². The summed E-state index contributed by atoms with van der Waals surface area (Å²) in [6.45, 7) is 2.73. The molecule has 0 aromatic heterocycles. The number of ether oxygens (including phenoxy) is 2. The van der Waals surface area contributed by atoms with Crippen LogP contribution in [0.2, 0.25) is 0 Å². The van der Waals surface area contributed by atoms with E-state index in [2.05, 4.69) is 6.07 Å². The fourth-order valence-corrected chi connectivity index (χ4v) is 3.43. The van der Waals surface area contributed by atoms with Gasteiger partial charge in [0.25, 0.3) is 0 Å². The predicted molar refractivity (Wildman–Crippen MR) is 100.0 cm³/mol. The Bertz CT molecular complexity index is 829. The van der Waals surface area contributed by atoms with Crippen molar-refractivity contribution in [3.63, 3.8) is 0 Å². The smallest absolute Gasteiger partial charge is 0.415 e. The fraction of sp³-hybridized carbons (Fsp3) is 0.333. The Morgan fingerprint density at radius 3 is 2.48 bits per heavy atom. The Hall–Kier alpha value is -3.02. The Balaban J connectivity index is 1.28. The summed E-state index contributed by atoms with van der Waals surface area (Å²) in [4.78, 5) is 28.3. The molecule has 0 radical (unpaired) electrons. The zero-order chi connectivity index (χ0) is 18.6. The number of hydrogen-bond donors (Lipinski definition) is 0. The van der Waals surface area contributed by atoms with E-state index in [4.69, 9.17) is 9.47 Å². The Morgan fingerprint density at radius 1 is 0.963 bits per heavy atom. The number of carbonyl (C=O) groups is 2. The standard InChI is InChI=1S/C21H22N2O4/c24-20(15-16-6-7-19-17(14-16)8-13-26-19)22-9-11-23(12-10-22)21(25)27-18-4-2-1-3-5-18/h1-7,14H,8-13,15H2. The monoisotopic (exact) mass is 366 g/mol. The molecule has 6 nitrogen and oxygen atoms in total. The third kappa shape index (κ3) is 4.05. The molecule has 2 aliphatic heterocycles. The van der Waals surface area contributed by atoms with Crippen LogP contribution in [0.15, 0.2) is 48.5 Å². The highest BCUT2D eigenvalue weighted by atomic mass is 16.6. The van der Waals surface area contributed by atoms with E-state index in [1.165, 1.54) is 5.56 Å². The minimum absolute atomic E-state index is 0.0879. The van der Waals surface area contributed by atoms with Gasteiger partial charge in [-0.15, -0.1) is 0 Å². The zero-order valence-electron chi connectivity index (χ0n) is 15.1. The van der Waals surface area contributed by atoms with Crippen molar-refractivity contribution < 1.29 is 19.1 Å². The second-order valence-corrected chi connectivity index (χ2v) is 6.77. The van der Waals surface area contributed by atoms with Crippen LogP contribution in [0.25, 0.3) is 0 Å². The van der Waals surface area contributed by atoms with Crippen molar-refractivity contribution in [2.75, 3.05) is 32.8 Å². The van der Waals surface area contributed by atoms with E-state index in [0.29, 0.717) is 45.0 Å². The maximum Gasteiger partial charge on any atom is 0.415 e. The van der Waals surface area contributed by atoms with Gasteiger partial charge in [0.15, 0.2) is 0 Å². The first-order valence-corrected chi connectivity index (χ1v) is 9.23. The first-order valence-electron chi connectivity index (χ1n) is 9.23. The van der Waals surface area contributed by atoms with Gasteiger partial charge in [0.1, 0.15) is 11.5 Å². The number of hydrogen-bond acceptors (Lipinski definition) is 4. The highest BCUT2D eigenvalue weighted by molar-refractivity contribution is 5.79. The van der Waals surface area contributed by atoms with E-state index in [0.717, 1.165) is 17.7 Å². The molecule has 0 bridgehead atoms. The van der Waals surface area contributed by atoms with Crippen molar-refractivity contribution in [2.24, 2.45) is 0 Å². The normalized spacial score (nSPS) is 15.9. The number of benzene rings is 2. The van der Waals surface area contributed by atoms with E-state index >= 15 is 0 Å². The van der Waals surface area contributed by atoms with Crippen LogP contribution in [-0.2, 0) is 17.6 Å². The molecule has 2 aromatic rings. The minimum atomic E-state index is -0.369. The number of para-hydroxylation sites is 1. The lowest BCUT2D eigenvalue weighted by Gasteiger charge is -2.34. The van der Waals surface area contributed by atoms with Crippen LogP contribution in [0.1, 0.15) is 11.1 Å². The molecule has 2 aromatic carbocycles. The lowest BCUT2D eigenvalue weighted by Crippen LogP contribution is -2.51. The summed E-state index contributed by atoms with van der Waals surface area (Å²) in [7, 11) is 0. The quantitative estimate of drug-likeness (QED) is 0.838. The molecule has 27 heavy (non-hydrogen) atoms. The molecule has 2 amide bonds. The van der Waals surface area contributed by atoms with Gasteiger partial charge in [-0.05, 0) is 29.3 Å². The summed E-state index contributed by atoms with van der Waals surface area (Å²) in [5.74, 6) is 1.54. The highest BCUT2D eigenvalue weighted by Crippen LogP contribution is 2.26. The van der Waals surface area contributed by atoms with Gasteiger partial charge in [0.05, 0.1) is 13.0 Å². The van der Waals surface area contributed by atoms with Crippen LogP contribution in [0, 0.1) is 0 Å². The maximum atomic E-state index is 12.6. The predicted octanol–water partition coefficient (Wildman–Crippen LogP) is 2.51. The van der Waals surface area contributed by atoms with Crippen molar-refractivity contribution in [1.82, 2.24) is 9.80 Å².